The highest BCUT2D eigenvalue weighted by Gasteiger charge is 2.33. The van der Waals surface area contributed by atoms with Gasteiger partial charge in [0.25, 0.3) is 5.91 Å². The van der Waals surface area contributed by atoms with Crippen LogP contribution in [0.25, 0.3) is 6.08 Å². The summed E-state index contributed by atoms with van der Waals surface area (Å²) in [4.78, 5) is 18.9. The maximum absolute atomic E-state index is 14.5. The molecule has 150 valence electrons. The monoisotopic (exact) mass is 404 g/mol. The van der Waals surface area contributed by atoms with Crippen molar-refractivity contribution in [2.24, 2.45) is 4.99 Å². The van der Waals surface area contributed by atoms with Crippen molar-refractivity contribution < 1.29 is 18.3 Å². The van der Waals surface area contributed by atoms with Crippen LogP contribution in [0.4, 0.5) is 14.5 Å². The van der Waals surface area contributed by atoms with Crippen LogP contribution in [0.1, 0.15) is 18.1 Å². The quantitative estimate of drug-likeness (QED) is 0.549. The lowest BCUT2D eigenvalue weighted by atomic mass is 10.1. The number of nitrogens with zero attached hydrogens (tertiary/aromatic N) is 2. The van der Waals surface area contributed by atoms with Gasteiger partial charge in [0.2, 0.25) is 0 Å². The predicted octanol–water partition coefficient (Wildman–Crippen LogP) is 5.20. The van der Waals surface area contributed by atoms with E-state index in [1.807, 2.05) is 6.92 Å². The normalized spacial score (nSPS) is 14.9. The molecule has 0 saturated heterocycles. The highest BCUT2D eigenvalue weighted by atomic mass is 19.1. The molecule has 30 heavy (non-hydrogen) atoms. The minimum Gasteiger partial charge on any atom is -0.494 e. The first-order valence-electron chi connectivity index (χ1n) is 9.45. The summed E-state index contributed by atoms with van der Waals surface area (Å²) in [6.45, 7) is 2.39. The van der Waals surface area contributed by atoms with Gasteiger partial charge in [0.05, 0.1) is 17.9 Å². The molecule has 4 rings (SSSR count). The molecule has 0 N–H and O–H groups in total. The molecule has 0 radical (unpaired) electrons. The number of amidine groups is 1. The molecule has 6 heteroatoms. The molecule has 0 fully saturated rings. The summed E-state index contributed by atoms with van der Waals surface area (Å²) < 4.78 is 34.1. The van der Waals surface area contributed by atoms with Crippen molar-refractivity contribution in [3.05, 3.63) is 101 Å². The Bertz CT molecular complexity index is 1150. The van der Waals surface area contributed by atoms with Gasteiger partial charge in [0.1, 0.15) is 23.1 Å². The molecule has 3 aromatic rings. The second-order valence-electron chi connectivity index (χ2n) is 6.53. The molecule has 0 aromatic heterocycles. The molecule has 0 atom stereocenters. The van der Waals surface area contributed by atoms with Gasteiger partial charge in [0, 0.05) is 5.56 Å². The van der Waals surface area contributed by atoms with E-state index in [4.69, 9.17) is 4.74 Å². The first-order valence-corrected chi connectivity index (χ1v) is 9.45. The Morgan fingerprint density at radius 2 is 1.60 bits per heavy atom. The molecule has 0 saturated carbocycles. The maximum atomic E-state index is 14.5. The number of ether oxygens (including phenoxy) is 1. The highest BCUT2D eigenvalue weighted by Crippen LogP contribution is 2.30. The Kier molecular flexibility index (Phi) is 5.39. The molecular weight excluding hydrogens is 386 g/mol. The van der Waals surface area contributed by atoms with E-state index >= 15 is 0 Å². The molecule has 0 bridgehead atoms. The van der Waals surface area contributed by atoms with E-state index in [9.17, 15) is 13.6 Å². The van der Waals surface area contributed by atoms with Crippen LogP contribution in [0.15, 0.2) is 83.5 Å². The third-order valence-electron chi connectivity index (χ3n) is 4.58. The van der Waals surface area contributed by atoms with Crippen LogP contribution >= 0.6 is 0 Å². The van der Waals surface area contributed by atoms with Crippen LogP contribution in [-0.4, -0.2) is 18.3 Å². The summed E-state index contributed by atoms with van der Waals surface area (Å²) in [6.07, 6.45) is 1.37. The standard InChI is InChI=1S/C24H18F2N2O2/c1-2-30-18-13-11-17(12-14-18)28-23(19-8-4-6-10-21(19)26)27-22(24(28)29)15-16-7-3-5-9-20(16)25/h3-15H,2H2,1H3/b22-15+. The molecule has 0 spiro atoms. The Balaban J connectivity index is 1.82. The number of hydrogen-bond acceptors (Lipinski definition) is 3. The number of carbonyl (C=O) groups is 1. The third-order valence-corrected chi connectivity index (χ3v) is 4.58. The summed E-state index contributed by atoms with van der Waals surface area (Å²) in [6, 6.07) is 19.0. The van der Waals surface area contributed by atoms with Crippen LogP contribution in [0.3, 0.4) is 0 Å². The van der Waals surface area contributed by atoms with Gasteiger partial charge >= 0.3 is 0 Å². The van der Waals surface area contributed by atoms with Gasteiger partial charge in [0.15, 0.2) is 5.84 Å². The Morgan fingerprint density at radius 1 is 0.933 bits per heavy atom. The van der Waals surface area contributed by atoms with E-state index in [2.05, 4.69) is 4.99 Å². The summed E-state index contributed by atoms with van der Waals surface area (Å²) in [5.74, 6) is -0.656. The van der Waals surface area contributed by atoms with E-state index in [0.717, 1.165) is 0 Å². The molecule has 3 aromatic carbocycles. The summed E-state index contributed by atoms with van der Waals surface area (Å²) in [5, 5.41) is 0. The second-order valence-corrected chi connectivity index (χ2v) is 6.53. The number of anilines is 1. The van der Waals surface area contributed by atoms with Gasteiger partial charge in [-0.05, 0) is 55.5 Å². The van der Waals surface area contributed by atoms with Crippen LogP contribution in [0, 0.1) is 11.6 Å². The summed E-state index contributed by atoms with van der Waals surface area (Å²) in [7, 11) is 0. The van der Waals surface area contributed by atoms with E-state index in [-0.39, 0.29) is 22.7 Å². The molecule has 4 nitrogen and oxygen atoms in total. The van der Waals surface area contributed by atoms with Crippen molar-refractivity contribution in [1.29, 1.82) is 0 Å². The fourth-order valence-electron chi connectivity index (χ4n) is 3.18. The average Bonchev–Trinajstić information content (AvgIpc) is 3.07. The Labute approximate surface area is 172 Å². The van der Waals surface area contributed by atoms with Crippen LogP contribution < -0.4 is 9.64 Å². The molecule has 0 aliphatic carbocycles. The minimum absolute atomic E-state index is 0.0206. The Morgan fingerprint density at radius 3 is 2.27 bits per heavy atom. The first-order chi connectivity index (χ1) is 14.6. The number of rotatable bonds is 5. The predicted molar refractivity (Wildman–Crippen MR) is 112 cm³/mol. The van der Waals surface area contributed by atoms with Crippen molar-refractivity contribution >= 4 is 23.5 Å². The van der Waals surface area contributed by atoms with Gasteiger partial charge < -0.3 is 4.74 Å². The number of halogens is 2. The van der Waals surface area contributed by atoms with Crippen molar-refractivity contribution in [3.8, 4) is 5.75 Å². The Hall–Kier alpha value is -3.80. The van der Waals surface area contributed by atoms with Crippen molar-refractivity contribution in [3.63, 3.8) is 0 Å². The number of carbonyl (C=O) groups excluding carboxylic acids is 1. The molecule has 0 unspecified atom stereocenters. The van der Waals surface area contributed by atoms with E-state index in [0.29, 0.717) is 18.0 Å². The topological polar surface area (TPSA) is 41.9 Å². The van der Waals surface area contributed by atoms with E-state index in [1.54, 1.807) is 60.7 Å². The highest BCUT2D eigenvalue weighted by molar-refractivity contribution is 6.33. The van der Waals surface area contributed by atoms with Gasteiger partial charge in [-0.3, -0.25) is 9.69 Å². The average molecular weight is 404 g/mol. The SMILES string of the molecule is CCOc1ccc(N2C(=O)/C(=C\c3ccccc3F)N=C2c2ccccc2F)cc1. The van der Waals surface area contributed by atoms with Crippen molar-refractivity contribution in [2.75, 3.05) is 11.5 Å². The van der Waals surface area contributed by atoms with E-state index < -0.39 is 17.5 Å². The first kappa shape index (κ1) is 19.5. The van der Waals surface area contributed by atoms with Crippen LogP contribution in [0.2, 0.25) is 0 Å². The fourth-order valence-corrected chi connectivity index (χ4v) is 3.18. The smallest absolute Gasteiger partial charge is 0.282 e. The molecule has 1 amide bonds. The van der Waals surface area contributed by atoms with Crippen LogP contribution in [-0.2, 0) is 4.79 Å². The molecule has 1 aliphatic heterocycles. The molecule has 1 heterocycles. The lowest BCUT2D eigenvalue weighted by Gasteiger charge is -2.19. The zero-order valence-corrected chi connectivity index (χ0v) is 16.2. The molecule has 1 aliphatic rings. The van der Waals surface area contributed by atoms with Gasteiger partial charge in [-0.1, -0.05) is 30.3 Å². The van der Waals surface area contributed by atoms with Gasteiger partial charge in [-0.2, -0.15) is 0 Å². The number of aliphatic imine (C=N–C) groups is 1. The largest absolute Gasteiger partial charge is 0.494 e. The van der Waals surface area contributed by atoms with Gasteiger partial charge in [-0.15, -0.1) is 0 Å². The summed E-state index contributed by atoms with van der Waals surface area (Å²) >= 11 is 0. The van der Waals surface area contributed by atoms with Gasteiger partial charge in [-0.25, -0.2) is 13.8 Å². The fraction of sp³-hybridized carbons (Fsp3) is 0.0833. The minimum atomic E-state index is -0.507. The summed E-state index contributed by atoms with van der Waals surface area (Å²) in [5.41, 5.74) is 0.928. The zero-order valence-electron chi connectivity index (χ0n) is 16.2. The zero-order chi connectivity index (χ0) is 21.1. The van der Waals surface area contributed by atoms with Crippen LogP contribution in [0.5, 0.6) is 5.75 Å². The van der Waals surface area contributed by atoms with Crippen molar-refractivity contribution in [1.82, 2.24) is 0 Å². The van der Waals surface area contributed by atoms with Crippen molar-refractivity contribution in [2.45, 2.75) is 6.92 Å². The molecular formula is C24H18F2N2O2. The number of benzene rings is 3. The lowest BCUT2D eigenvalue weighted by Crippen LogP contribution is -2.33. The second kappa shape index (κ2) is 8.29. The van der Waals surface area contributed by atoms with E-state index in [1.165, 1.54) is 23.1 Å². The number of amides is 1. The maximum Gasteiger partial charge on any atom is 0.282 e. The third kappa shape index (κ3) is 3.72. The lowest BCUT2D eigenvalue weighted by molar-refractivity contribution is -0.113. The number of hydrogen-bond donors (Lipinski definition) is 0.